The molecule has 4 aromatic heterocycles. The zero-order valence-corrected chi connectivity index (χ0v) is 31.1. The van der Waals surface area contributed by atoms with Crippen LogP contribution < -0.4 is 17.2 Å². The topological polar surface area (TPSA) is 399 Å². The van der Waals surface area contributed by atoms with Gasteiger partial charge >= 0.3 is 7.82 Å². The van der Waals surface area contributed by atoms with Gasteiger partial charge in [0.15, 0.2) is 41.6 Å². The van der Waals surface area contributed by atoms with Crippen LogP contribution in [0, 0.1) is 0 Å². The number of aromatic nitrogens is 8. The third kappa shape index (κ3) is 6.90. The number of hydrogen-bond acceptors (Lipinski definition) is 26. The van der Waals surface area contributed by atoms with E-state index >= 15 is 0 Å². The molecular weight excluding hydrogens is 809 g/mol. The van der Waals surface area contributed by atoms with Crippen LogP contribution in [0.25, 0.3) is 22.3 Å². The van der Waals surface area contributed by atoms with Crippen LogP contribution in [-0.2, 0) is 32.3 Å². The summed E-state index contributed by atoms with van der Waals surface area (Å²) < 4.78 is 51.8. The number of aliphatic hydroxyl groups excluding tert-OH is 6. The van der Waals surface area contributed by atoms with Crippen LogP contribution in [-0.4, -0.2) is 186 Å². The zero-order valence-electron chi connectivity index (χ0n) is 30.3. The highest BCUT2D eigenvalue weighted by Crippen LogP contribution is 2.52. The van der Waals surface area contributed by atoms with Crippen molar-refractivity contribution in [1.82, 2.24) is 43.9 Å². The molecule has 0 radical (unpaired) electrons. The van der Waals surface area contributed by atoms with Gasteiger partial charge in [0.05, 0.1) is 38.8 Å². The molecule has 28 nitrogen and oxygen atoms in total. The fraction of sp³-hybridized carbons (Fsp3) is 0.567. The molecule has 0 aromatic carbocycles. The maximum atomic E-state index is 14.4. The van der Waals surface area contributed by atoms with Crippen molar-refractivity contribution in [3.8, 4) is 0 Å². The second-order valence-corrected chi connectivity index (χ2v) is 15.7. The van der Waals surface area contributed by atoms with Gasteiger partial charge < -0.3 is 62.1 Å². The van der Waals surface area contributed by atoms with Crippen molar-refractivity contribution in [2.75, 3.05) is 31.3 Å². The second kappa shape index (κ2) is 15.4. The number of hydrogen-bond donors (Lipinski definition) is 9. The molecule has 0 amide bonds. The van der Waals surface area contributed by atoms with Gasteiger partial charge in [0.1, 0.15) is 103 Å². The highest BCUT2D eigenvalue weighted by Gasteiger charge is 2.51. The summed E-state index contributed by atoms with van der Waals surface area (Å²) in [5.74, 6) is 0.449. The number of anilines is 2. The lowest BCUT2D eigenvalue weighted by Gasteiger charge is -2.28. The van der Waals surface area contributed by atoms with Gasteiger partial charge in [-0.25, -0.2) is 39.5 Å². The summed E-state index contributed by atoms with van der Waals surface area (Å²) in [5, 5.41) is 65.9. The van der Waals surface area contributed by atoms with E-state index in [1.165, 1.54) is 52.0 Å². The molecule has 3 saturated heterocycles. The summed E-state index contributed by atoms with van der Waals surface area (Å²) in [6.45, 7) is -2.15. The molecule has 59 heavy (non-hydrogen) atoms. The van der Waals surface area contributed by atoms with Crippen molar-refractivity contribution in [1.29, 1.82) is 0 Å². The van der Waals surface area contributed by atoms with Crippen LogP contribution in [0.4, 0.5) is 11.6 Å². The molecule has 5 aliphatic heterocycles. The number of phosphoric ester groups is 1. The average Bonchev–Trinajstić information content (AvgIpc) is 4.08. The molecule has 4 aromatic rings. The number of nitrogens with two attached hydrogens (primary N) is 3. The molecule has 12 N–H and O–H groups in total. The molecule has 316 valence electrons. The van der Waals surface area contributed by atoms with Gasteiger partial charge in [0.2, 0.25) is 0 Å². The number of aliphatic imine (C=N–C) groups is 3. The van der Waals surface area contributed by atoms with Crippen molar-refractivity contribution in [3.05, 3.63) is 25.3 Å². The SMILES string of the molecule is Nc1ncnc2c1ncn2[C@@H]1O[C@H](COP(=O)(OC[C@H]2O[C@@H](N3C=NC4C3=NC=NC4N)[C@H](O)[C@@H]2O)OC[C@H]2O[C@@H](n3cnc4c(N)ncnc43)[C@H](O)[C@@H]2O)[C@@H](O)[C@H]1O. The smallest absolute Gasteiger partial charge is 0.387 e. The number of phosphoric acid groups is 1. The maximum Gasteiger partial charge on any atom is 0.475 e. The van der Waals surface area contributed by atoms with Gasteiger partial charge in [-0.1, -0.05) is 0 Å². The van der Waals surface area contributed by atoms with E-state index in [1.54, 1.807) is 0 Å². The lowest BCUT2D eigenvalue weighted by molar-refractivity contribution is -0.0721. The highest BCUT2D eigenvalue weighted by atomic mass is 31.2. The number of nitrogen functional groups attached to an aromatic ring is 2. The summed E-state index contributed by atoms with van der Waals surface area (Å²) in [6, 6.07) is -0.652. The Bertz CT molecular complexity index is 2240. The predicted octanol–water partition coefficient (Wildman–Crippen LogP) is -4.89. The molecule has 29 heteroatoms. The second-order valence-electron chi connectivity index (χ2n) is 14.0. The van der Waals surface area contributed by atoms with E-state index < -0.39 is 113 Å². The largest absolute Gasteiger partial charge is 0.475 e. The fourth-order valence-corrected chi connectivity index (χ4v) is 8.47. The van der Waals surface area contributed by atoms with Crippen LogP contribution in [0.15, 0.2) is 40.3 Å². The van der Waals surface area contributed by atoms with Crippen molar-refractivity contribution >= 4 is 60.3 Å². The number of aliphatic hydroxyl groups is 6. The van der Waals surface area contributed by atoms with Crippen molar-refractivity contribution < 1.29 is 63.0 Å². The van der Waals surface area contributed by atoms with Gasteiger partial charge in [-0.3, -0.25) is 37.6 Å². The third-order valence-electron chi connectivity index (χ3n) is 10.4. The number of nitrogens with zero attached hydrogens (tertiary/aromatic N) is 12. The van der Waals surface area contributed by atoms with E-state index in [0.29, 0.717) is 5.84 Å². The monoisotopic (exact) mass is 847 g/mol. The summed E-state index contributed by atoms with van der Waals surface area (Å²) in [5.41, 5.74) is 18.6. The van der Waals surface area contributed by atoms with Gasteiger partial charge in [-0.15, -0.1) is 0 Å². The van der Waals surface area contributed by atoms with Crippen LogP contribution in [0.3, 0.4) is 0 Å². The van der Waals surface area contributed by atoms with E-state index in [2.05, 4.69) is 44.9 Å². The molecule has 0 bridgehead atoms. The highest BCUT2D eigenvalue weighted by molar-refractivity contribution is 7.48. The van der Waals surface area contributed by atoms with E-state index in [-0.39, 0.29) is 34.0 Å². The molecule has 14 atom stereocenters. The van der Waals surface area contributed by atoms with Crippen LogP contribution in [0.5, 0.6) is 0 Å². The summed E-state index contributed by atoms with van der Waals surface area (Å²) in [7, 11) is -4.87. The first-order valence-electron chi connectivity index (χ1n) is 17.9. The number of ether oxygens (including phenoxy) is 3. The normalized spacial score (nSPS) is 36.5. The molecule has 2 unspecified atom stereocenters. The Morgan fingerprint density at radius 3 is 1.59 bits per heavy atom. The minimum Gasteiger partial charge on any atom is -0.387 e. The third-order valence-corrected chi connectivity index (χ3v) is 11.8. The molecule has 0 spiro atoms. The van der Waals surface area contributed by atoms with Gasteiger partial charge in [-0.2, -0.15) is 0 Å². The summed E-state index contributed by atoms with van der Waals surface area (Å²) in [4.78, 5) is 38.2. The minimum atomic E-state index is -4.87. The van der Waals surface area contributed by atoms with Gasteiger partial charge in [0, 0.05) is 0 Å². The van der Waals surface area contributed by atoms with Crippen molar-refractivity contribution in [2.24, 2.45) is 20.7 Å². The Hall–Kier alpha value is -4.78. The van der Waals surface area contributed by atoms with E-state index in [0.717, 1.165) is 0 Å². The Morgan fingerprint density at radius 1 is 0.644 bits per heavy atom. The Morgan fingerprint density at radius 2 is 1.10 bits per heavy atom. The standard InChI is InChI=1S/C30H38N15O13P/c31-22-13-25(37-4-34-22)43(7-40-13)28-19(49)16(46)10(56-28)1-53-59(52,54-2-11-17(47)20(50)29(57-11)44-8-41-14-23(32)35-5-38-26(14)44)55-3-12-18(48)21(51)30(58-12)45-9-42-15-24(33)36-6-39-27(15)45/h4-13,16-22,28-30,46-51H,1-3,31H2,(H2,32,35,38)(H2,33,36,39)/t10-,11-,12-,13?,16-,17-,18-,19-,20-,21-,22?,28-,29-,30-/m1/s1. The van der Waals surface area contributed by atoms with Crippen LogP contribution in [0.1, 0.15) is 12.5 Å². The van der Waals surface area contributed by atoms with Crippen LogP contribution in [0.2, 0.25) is 0 Å². The zero-order chi connectivity index (χ0) is 41.3. The number of fused-ring (bicyclic) bond motifs is 3. The van der Waals surface area contributed by atoms with Gasteiger partial charge in [0.25, 0.3) is 0 Å². The van der Waals surface area contributed by atoms with E-state index in [1.807, 2.05) is 0 Å². The molecule has 0 saturated carbocycles. The average molecular weight is 848 g/mol. The maximum absolute atomic E-state index is 14.4. The van der Waals surface area contributed by atoms with Crippen LogP contribution >= 0.6 is 7.82 Å². The molecule has 9 rings (SSSR count). The quantitative estimate of drug-likeness (QED) is 0.0603. The first kappa shape index (κ1) is 39.7. The van der Waals surface area contributed by atoms with Gasteiger partial charge in [-0.05, 0) is 0 Å². The predicted molar refractivity (Wildman–Crippen MR) is 195 cm³/mol. The lowest BCUT2D eigenvalue weighted by atomic mass is 10.1. The summed E-state index contributed by atoms with van der Waals surface area (Å²) in [6.07, 6.45) is -10.6. The van der Waals surface area contributed by atoms with Crippen molar-refractivity contribution in [3.63, 3.8) is 0 Å². The first-order valence-corrected chi connectivity index (χ1v) is 19.4. The number of amidine groups is 1. The van der Waals surface area contributed by atoms with Crippen molar-refractivity contribution in [2.45, 2.75) is 85.8 Å². The summed E-state index contributed by atoms with van der Waals surface area (Å²) >= 11 is 0. The Labute approximate surface area is 330 Å². The number of imidazole rings is 2. The lowest BCUT2D eigenvalue weighted by Crippen LogP contribution is -2.50. The van der Waals surface area contributed by atoms with E-state index in [9.17, 15) is 35.2 Å². The minimum absolute atomic E-state index is 0.0681. The molecular formula is C30H38N15O13P. The molecule has 9 heterocycles. The first-order chi connectivity index (χ1) is 28.3. The molecule has 3 fully saturated rings. The number of rotatable bonds is 12. The molecule has 5 aliphatic rings. The van der Waals surface area contributed by atoms with E-state index in [4.69, 9.17) is 45.0 Å². The Kier molecular flexibility index (Phi) is 10.3. The Balaban J connectivity index is 0.915. The molecule has 0 aliphatic carbocycles. The fourth-order valence-electron chi connectivity index (χ4n) is 7.26.